The van der Waals surface area contributed by atoms with Gasteiger partial charge in [0.15, 0.2) is 0 Å². The molecule has 4 nitrogen and oxygen atoms in total. The molecule has 0 bridgehead atoms. The largest absolute Gasteiger partial charge is 0.501 e. The van der Waals surface area contributed by atoms with Crippen LogP contribution in [0, 0.1) is 0 Å². The van der Waals surface area contributed by atoms with E-state index in [4.69, 9.17) is 0 Å². The number of rotatable bonds is 5. The summed E-state index contributed by atoms with van der Waals surface area (Å²) in [5.74, 6) is 0. The molecule has 0 aliphatic rings. The Bertz CT molecular complexity index is 392. The molecule has 5 heteroatoms. The minimum Gasteiger partial charge on any atom is -0.501 e. The SMILES string of the molecule is COP(=O)(OC)/C(O)=C/Cc1ccccc1. The molecule has 0 aliphatic carbocycles. The van der Waals surface area contributed by atoms with Gasteiger partial charge in [0, 0.05) is 14.2 Å². The van der Waals surface area contributed by atoms with Crippen molar-refractivity contribution < 1.29 is 18.7 Å². The van der Waals surface area contributed by atoms with Crippen LogP contribution in [0.2, 0.25) is 0 Å². The second-order valence-electron chi connectivity index (χ2n) is 3.11. The van der Waals surface area contributed by atoms with Crippen molar-refractivity contribution in [1.82, 2.24) is 0 Å². The molecule has 0 saturated heterocycles. The summed E-state index contributed by atoms with van der Waals surface area (Å²) in [6.45, 7) is 0. The molecule has 0 saturated carbocycles. The molecule has 0 spiro atoms. The number of aliphatic hydroxyl groups excluding tert-OH is 1. The molecule has 0 aliphatic heterocycles. The van der Waals surface area contributed by atoms with Gasteiger partial charge in [0.2, 0.25) is 5.50 Å². The Balaban J connectivity index is 2.75. The number of hydrogen-bond acceptors (Lipinski definition) is 4. The maximum atomic E-state index is 11.7. The minimum atomic E-state index is -3.49. The molecule has 0 fully saturated rings. The monoisotopic (exact) mass is 242 g/mol. The fraction of sp³-hybridized carbons (Fsp3) is 0.273. The first-order chi connectivity index (χ1) is 7.62. The van der Waals surface area contributed by atoms with Crippen LogP contribution in [0.15, 0.2) is 41.9 Å². The van der Waals surface area contributed by atoms with Crippen molar-refractivity contribution in [3.8, 4) is 0 Å². The van der Waals surface area contributed by atoms with Crippen LogP contribution in [0.3, 0.4) is 0 Å². The van der Waals surface area contributed by atoms with E-state index in [0.29, 0.717) is 6.42 Å². The highest BCUT2D eigenvalue weighted by atomic mass is 31.2. The van der Waals surface area contributed by atoms with Crippen molar-refractivity contribution in [2.24, 2.45) is 0 Å². The molecule has 0 heterocycles. The van der Waals surface area contributed by atoms with Gasteiger partial charge < -0.3 is 14.2 Å². The Hall–Kier alpha value is -1.09. The third-order valence-electron chi connectivity index (χ3n) is 2.12. The van der Waals surface area contributed by atoms with Crippen molar-refractivity contribution in [2.45, 2.75) is 6.42 Å². The first-order valence-electron chi connectivity index (χ1n) is 4.77. The van der Waals surface area contributed by atoms with E-state index in [1.807, 2.05) is 30.3 Å². The highest BCUT2D eigenvalue weighted by Gasteiger charge is 2.26. The van der Waals surface area contributed by atoms with Gasteiger partial charge in [0.1, 0.15) is 0 Å². The van der Waals surface area contributed by atoms with Gasteiger partial charge in [-0.1, -0.05) is 30.3 Å². The quantitative estimate of drug-likeness (QED) is 0.636. The van der Waals surface area contributed by atoms with Gasteiger partial charge in [0.05, 0.1) is 0 Å². The molecule has 0 unspecified atom stereocenters. The summed E-state index contributed by atoms with van der Waals surface area (Å²) < 4.78 is 21.0. The zero-order chi connectivity index (χ0) is 12.0. The summed E-state index contributed by atoms with van der Waals surface area (Å²) in [4.78, 5) is 0. The van der Waals surface area contributed by atoms with E-state index in [9.17, 15) is 9.67 Å². The number of hydrogen-bond donors (Lipinski definition) is 1. The van der Waals surface area contributed by atoms with Gasteiger partial charge in [-0.2, -0.15) is 0 Å². The summed E-state index contributed by atoms with van der Waals surface area (Å²) in [6.07, 6.45) is 1.91. The number of aliphatic hydroxyl groups is 1. The van der Waals surface area contributed by atoms with E-state index in [0.717, 1.165) is 5.56 Å². The van der Waals surface area contributed by atoms with Crippen molar-refractivity contribution in [3.63, 3.8) is 0 Å². The molecule has 0 radical (unpaired) electrons. The topological polar surface area (TPSA) is 55.8 Å². The van der Waals surface area contributed by atoms with Gasteiger partial charge >= 0.3 is 7.60 Å². The van der Waals surface area contributed by atoms with Gasteiger partial charge in [-0.05, 0) is 18.1 Å². The second-order valence-corrected chi connectivity index (χ2v) is 5.30. The molecule has 0 atom stereocenters. The maximum Gasteiger partial charge on any atom is 0.394 e. The Kier molecular flexibility index (Phi) is 4.74. The van der Waals surface area contributed by atoms with Crippen molar-refractivity contribution >= 4 is 7.60 Å². The summed E-state index contributed by atoms with van der Waals surface area (Å²) in [6, 6.07) is 9.52. The van der Waals surface area contributed by atoms with Crippen LogP contribution < -0.4 is 0 Å². The standard InChI is InChI=1S/C11H15O4P/c1-14-16(13,15-2)11(12)9-8-10-6-4-3-5-7-10/h3-7,9,12H,8H2,1-2H3/b11-9+. The smallest absolute Gasteiger partial charge is 0.394 e. The molecular weight excluding hydrogens is 227 g/mol. The fourth-order valence-electron chi connectivity index (χ4n) is 1.20. The fourth-order valence-corrected chi connectivity index (χ4v) is 2.03. The highest BCUT2D eigenvalue weighted by Crippen LogP contribution is 2.53. The van der Waals surface area contributed by atoms with Gasteiger partial charge in [0.25, 0.3) is 0 Å². The summed E-state index contributed by atoms with van der Waals surface area (Å²) >= 11 is 0. The van der Waals surface area contributed by atoms with E-state index in [1.54, 1.807) is 0 Å². The number of allylic oxidation sites excluding steroid dienone is 1. The van der Waals surface area contributed by atoms with E-state index < -0.39 is 7.60 Å². The maximum absolute atomic E-state index is 11.7. The Labute approximate surface area is 95.1 Å². The third-order valence-corrected chi connectivity index (χ3v) is 3.83. The molecule has 88 valence electrons. The van der Waals surface area contributed by atoms with E-state index >= 15 is 0 Å². The molecule has 1 aromatic rings. The summed E-state index contributed by atoms with van der Waals surface area (Å²) in [7, 11) is -1.03. The summed E-state index contributed by atoms with van der Waals surface area (Å²) in [5, 5.41) is 9.58. The second kappa shape index (κ2) is 5.85. The van der Waals surface area contributed by atoms with Crippen LogP contribution in [0.5, 0.6) is 0 Å². The third kappa shape index (κ3) is 3.20. The van der Waals surface area contributed by atoms with Crippen molar-refractivity contribution in [3.05, 3.63) is 47.5 Å². The lowest BCUT2D eigenvalue weighted by Crippen LogP contribution is -1.93. The van der Waals surface area contributed by atoms with Crippen molar-refractivity contribution in [1.29, 1.82) is 0 Å². The first kappa shape index (κ1) is 13.0. The van der Waals surface area contributed by atoms with Crippen LogP contribution in [0.1, 0.15) is 5.56 Å². The first-order valence-corrected chi connectivity index (χ1v) is 6.32. The molecule has 0 aromatic heterocycles. The van der Waals surface area contributed by atoms with Gasteiger partial charge in [-0.25, -0.2) is 0 Å². The normalized spacial score (nSPS) is 12.8. The van der Waals surface area contributed by atoms with Crippen LogP contribution in [-0.2, 0) is 20.0 Å². The van der Waals surface area contributed by atoms with Crippen molar-refractivity contribution in [2.75, 3.05) is 14.2 Å². The summed E-state index contributed by atoms with van der Waals surface area (Å²) in [5.41, 5.74) is 0.647. The van der Waals surface area contributed by atoms with Gasteiger partial charge in [-0.15, -0.1) is 0 Å². The van der Waals surface area contributed by atoms with Crippen LogP contribution >= 0.6 is 7.60 Å². The Morgan fingerprint density at radius 3 is 2.38 bits per heavy atom. The average Bonchev–Trinajstić information content (AvgIpc) is 2.36. The highest BCUT2D eigenvalue weighted by molar-refractivity contribution is 7.58. The van der Waals surface area contributed by atoms with Crippen LogP contribution in [-0.4, -0.2) is 19.3 Å². The zero-order valence-electron chi connectivity index (χ0n) is 9.29. The Morgan fingerprint density at radius 1 is 1.31 bits per heavy atom. The van der Waals surface area contributed by atoms with Gasteiger partial charge in [-0.3, -0.25) is 4.57 Å². The predicted molar refractivity (Wildman–Crippen MR) is 62.5 cm³/mol. The molecule has 1 rings (SSSR count). The minimum absolute atomic E-state index is 0.360. The zero-order valence-corrected chi connectivity index (χ0v) is 10.2. The molecule has 16 heavy (non-hydrogen) atoms. The van der Waals surface area contributed by atoms with E-state index in [1.165, 1.54) is 20.3 Å². The lowest BCUT2D eigenvalue weighted by molar-refractivity contribution is 0.261. The molecular formula is C11H15O4P. The molecule has 0 amide bonds. The predicted octanol–water partition coefficient (Wildman–Crippen LogP) is 3.11. The average molecular weight is 242 g/mol. The van der Waals surface area contributed by atoms with E-state index in [2.05, 4.69) is 9.05 Å². The Morgan fingerprint density at radius 2 is 1.88 bits per heavy atom. The molecule has 1 N–H and O–H groups in total. The van der Waals surface area contributed by atoms with Crippen LogP contribution in [0.25, 0.3) is 0 Å². The van der Waals surface area contributed by atoms with Crippen LogP contribution in [0.4, 0.5) is 0 Å². The lowest BCUT2D eigenvalue weighted by atomic mass is 10.2. The number of benzene rings is 1. The lowest BCUT2D eigenvalue weighted by Gasteiger charge is -2.12. The molecule has 1 aromatic carbocycles. The van der Waals surface area contributed by atoms with E-state index in [-0.39, 0.29) is 5.50 Å².